The molecule has 0 unspecified atom stereocenters. The Balaban J connectivity index is 1.34. The molecule has 2 fully saturated rings. The maximum absolute atomic E-state index is 5.58. The molecule has 0 bridgehead atoms. The Kier molecular flexibility index (Phi) is 7.42. The molecule has 0 radical (unpaired) electrons. The van der Waals surface area contributed by atoms with Gasteiger partial charge < -0.3 is 14.4 Å². The first-order valence-corrected chi connectivity index (χ1v) is 12.5. The number of aromatic nitrogens is 1. The highest BCUT2D eigenvalue weighted by Crippen LogP contribution is 2.29. The van der Waals surface area contributed by atoms with Crippen molar-refractivity contribution >= 4 is 5.82 Å². The lowest BCUT2D eigenvalue weighted by atomic mass is 9.93. The van der Waals surface area contributed by atoms with Gasteiger partial charge in [-0.1, -0.05) is 42.5 Å². The van der Waals surface area contributed by atoms with E-state index in [-0.39, 0.29) is 0 Å². The average Bonchev–Trinajstić information content (AvgIpc) is 2.90. The number of pyridine rings is 1. The van der Waals surface area contributed by atoms with Crippen LogP contribution in [-0.4, -0.2) is 56.4 Å². The van der Waals surface area contributed by atoms with E-state index in [1.165, 1.54) is 22.4 Å². The predicted octanol–water partition coefficient (Wildman–Crippen LogP) is 5.05. The molecular weight excluding hydrogens is 422 g/mol. The molecule has 0 atom stereocenters. The van der Waals surface area contributed by atoms with E-state index in [0.717, 1.165) is 76.8 Å². The Hall–Kier alpha value is -2.89. The van der Waals surface area contributed by atoms with Gasteiger partial charge in [0.1, 0.15) is 11.6 Å². The Morgan fingerprint density at radius 2 is 1.62 bits per heavy atom. The molecule has 0 saturated carbocycles. The van der Waals surface area contributed by atoms with Crippen LogP contribution in [0.4, 0.5) is 5.82 Å². The molecule has 1 aromatic heterocycles. The molecular formula is C29H35N3O2. The van der Waals surface area contributed by atoms with E-state index in [1.807, 2.05) is 12.1 Å². The van der Waals surface area contributed by atoms with Gasteiger partial charge in [0.2, 0.25) is 0 Å². The van der Waals surface area contributed by atoms with Crippen molar-refractivity contribution < 1.29 is 9.47 Å². The molecule has 5 rings (SSSR count). The van der Waals surface area contributed by atoms with Gasteiger partial charge >= 0.3 is 0 Å². The number of anilines is 1. The second-order valence-corrected chi connectivity index (χ2v) is 9.44. The minimum absolute atomic E-state index is 0.655. The zero-order valence-electron chi connectivity index (χ0n) is 20.2. The maximum Gasteiger partial charge on any atom is 0.129 e. The van der Waals surface area contributed by atoms with Crippen LogP contribution in [0, 0.1) is 5.92 Å². The molecule has 0 N–H and O–H groups in total. The van der Waals surface area contributed by atoms with E-state index >= 15 is 0 Å². The van der Waals surface area contributed by atoms with E-state index in [2.05, 4.69) is 64.4 Å². The highest BCUT2D eigenvalue weighted by atomic mass is 16.5. The molecule has 2 aromatic carbocycles. The van der Waals surface area contributed by atoms with Crippen LogP contribution in [0.25, 0.3) is 11.1 Å². The predicted molar refractivity (Wildman–Crippen MR) is 137 cm³/mol. The van der Waals surface area contributed by atoms with Crippen LogP contribution in [0.5, 0.6) is 5.75 Å². The van der Waals surface area contributed by atoms with Crippen LogP contribution in [0.1, 0.15) is 24.1 Å². The third-order valence-corrected chi connectivity index (χ3v) is 7.07. The molecule has 2 aliphatic heterocycles. The molecule has 178 valence electrons. The zero-order chi connectivity index (χ0) is 23.2. The molecule has 0 amide bonds. The largest absolute Gasteiger partial charge is 0.497 e. The van der Waals surface area contributed by atoms with Crippen molar-refractivity contribution in [1.82, 2.24) is 9.88 Å². The summed E-state index contributed by atoms with van der Waals surface area (Å²) in [5, 5.41) is 0. The standard InChI is InChI=1S/C29H35N3O2/c1-33-28-9-7-25(8-10-28)26-20-27(19-23-11-17-34-18-12-23)30-29(21-26)32-15-13-31(14-16-32)22-24-5-3-2-4-6-24/h2-10,20-21,23H,11-19,22H2,1H3. The minimum atomic E-state index is 0.655. The number of rotatable bonds is 7. The Morgan fingerprint density at radius 1 is 0.882 bits per heavy atom. The molecule has 0 aliphatic carbocycles. The number of nitrogens with zero attached hydrogens (tertiary/aromatic N) is 3. The van der Waals surface area contributed by atoms with Crippen molar-refractivity contribution in [3.05, 3.63) is 78.0 Å². The van der Waals surface area contributed by atoms with E-state index in [0.29, 0.717) is 5.92 Å². The number of piperazine rings is 1. The van der Waals surface area contributed by atoms with E-state index < -0.39 is 0 Å². The number of methoxy groups -OCH3 is 1. The molecule has 5 nitrogen and oxygen atoms in total. The fourth-order valence-corrected chi connectivity index (χ4v) is 5.01. The summed E-state index contributed by atoms with van der Waals surface area (Å²) in [4.78, 5) is 10.2. The Labute approximate surface area is 203 Å². The normalized spacial score (nSPS) is 17.6. The second kappa shape index (κ2) is 11.0. The summed E-state index contributed by atoms with van der Waals surface area (Å²) in [6.45, 7) is 6.88. The van der Waals surface area contributed by atoms with Gasteiger partial charge in [-0.2, -0.15) is 0 Å². The summed E-state index contributed by atoms with van der Waals surface area (Å²) in [6.07, 6.45) is 3.28. The monoisotopic (exact) mass is 457 g/mol. The van der Waals surface area contributed by atoms with Gasteiger partial charge in [-0.05, 0) is 66.1 Å². The number of hydrogen-bond donors (Lipinski definition) is 0. The molecule has 3 heterocycles. The summed E-state index contributed by atoms with van der Waals surface area (Å²) in [5.41, 5.74) is 5.03. The van der Waals surface area contributed by atoms with Gasteiger partial charge in [0, 0.05) is 51.6 Å². The summed E-state index contributed by atoms with van der Waals surface area (Å²) in [7, 11) is 1.71. The van der Waals surface area contributed by atoms with Gasteiger partial charge in [-0.25, -0.2) is 4.98 Å². The lowest BCUT2D eigenvalue weighted by molar-refractivity contribution is 0.0663. The molecule has 5 heteroatoms. The van der Waals surface area contributed by atoms with Crippen molar-refractivity contribution in [3.8, 4) is 16.9 Å². The van der Waals surface area contributed by atoms with Crippen LogP contribution in [0.2, 0.25) is 0 Å². The van der Waals surface area contributed by atoms with Crippen LogP contribution in [0.3, 0.4) is 0 Å². The number of hydrogen-bond acceptors (Lipinski definition) is 5. The lowest BCUT2D eigenvalue weighted by Gasteiger charge is -2.36. The average molecular weight is 458 g/mol. The van der Waals surface area contributed by atoms with Crippen molar-refractivity contribution in [3.63, 3.8) is 0 Å². The SMILES string of the molecule is COc1ccc(-c2cc(CC3CCOCC3)nc(N3CCN(Cc4ccccc4)CC3)c2)cc1. The fraction of sp³-hybridized carbons (Fsp3) is 0.414. The van der Waals surface area contributed by atoms with Crippen LogP contribution >= 0.6 is 0 Å². The third-order valence-electron chi connectivity index (χ3n) is 7.07. The third kappa shape index (κ3) is 5.78. The number of ether oxygens (including phenoxy) is 2. The lowest BCUT2D eigenvalue weighted by Crippen LogP contribution is -2.46. The van der Waals surface area contributed by atoms with E-state index in [4.69, 9.17) is 14.5 Å². The molecule has 0 spiro atoms. The zero-order valence-corrected chi connectivity index (χ0v) is 20.2. The summed E-state index contributed by atoms with van der Waals surface area (Å²) in [6, 6.07) is 23.7. The smallest absolute Gasteiger partial charge is 0.129 e. The van der Waals surface area contributed by atoms with Gasteiger partial charge in [-0.3, -0.25) is 4.90 Å². The summed E-state index contributed by atoms with van der Waals surface area (Å²) >= 11 is 0. The van der Waals surface area contributed by atoms with Gasteiger partial charge in [0.05, 0.1) is 7.11 Å². The highest BCUT2D eigenvalue weighted by molar-refractivity contribution is 5.68. The van der Waals surface area contributed by atoms with Crippen molar-refractivity contribution in [2.45, 2.75) is 25.8 Å². The van der Waals surface area contributed by atoms with Crippen molar-refractivity contribution in [2.24, 2.45) is 5.92 Å². The van der Waals surface area contributed by atoms with Crippen LogP contribution < -0.4 is 9.64 Å². The minimum Gasteiger partial charge on any atom is -0.497 e. The fourth-order valence-electron chi connectivity index (χ4n) is 5.01. The van der Waals surface area contributed by atoms with Crippen molar-refractivity contribution in [1.29, 1.82) is 0 Å². The Morgan fingerprint density at radius 3 is 2.32 bits per heavy atom. The van der Waals surface area contributed by atoms with Crippen LogP contribution in [0.15, 0.2) is 66.7 Å². The topological polar surface area (TPSA) is 37.8 Å². The summed E-state index contributed by atoms with van der Waals surface area (Å²) < 4.78 is 10.9. The van der Waals surface area contributed by atoms with Gasteiger partial charge in [0.15, 0.2) is 0 Å². The Bertz CT molecular complexity index is 1040. The maximum atomic E-state index is 5.58. The van der Waals surface area contributed by atoms with Crippen molar-refractivity contribution in [2.75, 3.05) is 51.4 Å². The van der Waals surface area contributed by atoms with Gasteiger partial charge in [-0.15, -0.1) is 0 Å². The van der Waals surface area contributed by atoms with E-state index in [1.54, 1.807) is 7.11 Å². The van der Waals surface area contributed by atoms with E-state index in [9.17, 15) is 0 Å². The highest BCUT2D eigenvalue weighted by Gasteiger charge is 2.21. The van der Waals surface area contributed by atoms with Crippen LogP contribution in [-0.2, 0) is 17.7 Å². The molecule has 3 aromatic rings. The molecule has 34 heavy (non-hydrogen) atoms. The first kappa shape index (κ1) is 22.9. The van der Waals surface area contributed by atoms with Gasteiger partial charge in [0.25, 0.3) is 0 Å². The first-order valence-electron chi connectivity index (χ1n) is 12.5. The first-order chi connectivity index (χ1) is 16.8. The number of benzene rings is 2. The summed E-state index contributed by atoms with van der Waals surface area (Å²) in [5.74, 6) is 2.65. The molecule has 2 aliphatic rings. The quantitative estimate of drug-likeness (QED) is 0.496. The second-order valence-electron chi connectivity index (χ2n) is 9.44. The molecule has 2 saturated heterocycles.